The average Bonchev–Trinajstić information content (AvgIpc) is 2.36. The van der Waals surface area contributed by atoms with Crippen LogP contribution >= 0.6 is 0 Å². The molecule has 1 aromatic heterocycles. The molecule has 2 amide bonds. The minimum absolute atomic E-state index is 0.311. The lowest BCUT2D eigenvalue weighted by molar-refractivity contribution is -0.137. The molecule has 0 saturated heterocycles. The van der Waals surface area contributed by atoms with Crippen molar-refractivity contribution in [2.24, 2.45) is 5.92 Å². The molecule has 1 heterocycles. The van der Waals surface area contributed by atoms with Gasteiger partial charge < -0.3 is 15.6 Å². The summed E-state index contributed by atoms with van der Waals surface area (Å²) in [7, 11) is 0. The largest absolute Gasteiger partial charge is 0.417 e. The Morgan fingerprint density at radius 3 is 2.32 bits per heavy atom. The first kappa shape index (κ1) is 17.7. The molecule has 1 aromatic rings. The van der Waals surface area contributed by atoms with Gasteiger partial charge in [0.1, 0.15) is 11.7 Å². The second-order valence-corrected chi connectivity index (χ2v) is 5.04. The molecule has 1 atom stereocenters. The van der Waals surface area contributed by atoms with E-state index in [2.05, 4.69) is 10.6 Å². The number of aromatic amines is 1. The number of rotatable bonds is 4. The number of H-pyrrole nitrogens is 1. The van der Waals surface area contributed by atoms with E-state index in [9.17, 15) is 27.6 Å². The molecular weight excluding hydrogens is 303 g/mol. The lowest BCUT2D eigenvalue weighted by atomic mass is 10.0. The average molecular weight is 319 g/mol. The third-order valence-electron chi connectivity index (χ3n) is 2.80. The van der Waals surface area contributed by atoms with Gasteiger partial charge in [0.05, 0.1) is 5.56 Å². The third-order valence-corrected chi connectivity index (χ3v) is 2.80. The number of amides is 2. The summed E-state index contributed by atoms with van der Waals surface area (Å²) in [6, 6.07) is -0.423. The molecule has 9 heteroatoms. The smallest absolute Gasteiger partial charge is 0.344 e. The molecule has 0 aromatic carbocycles. The molecule has 22 heavy (non-hydrogen) atoms. The van der Waals surface area contributed by atoms with Gasteiger partial charge >= 0.3 is 6.18 Å². The van der Waals surface area contributed by atoms with Gasteiger partial charge in [-0.2, -0.15) is 13.2 Å². The number of carbonyl (C=O) groups is 2. The highest BCUT2D eigenvalue weighted by atomic mass is 19.4. The molecule has 0 fully saturated rings. The summed E-state index contributed by atoms with van der Waals surface area (Å²) >= 11 is 0. The molecule has 0 aliphatic heterocycles. The Hall–Kier alpha value is -2.32. The summed E-state index contributed by atoms with van der Waals surface area (Å²) in [6.45, 7) is 4.51. The lowest BCUT2D eigenvalue weighted by Crippen LogP contribution is -2.46. The predicted molar refractivity (Wildman–Crippen MR) is 73.1 cm³/mol. The van der Waals surface area contributed by atoms with Crippen LogP contribution in [0.15, 0.2) is 17.1 Å². The zero-order valence-electron chi connectivity index (χ0n) is 12.2. The fourth-order valence-electron chi connectivity index (χ4n) is 1.70. The van der Waals surface area contributed by atoms with Gasteiger partial charge in [-0.25, -0.2) is 0 Å². The molecule has 0 bridgehead atoms. The van der Waals surface area contributed by atoms with Crippen molar-refractivity contribution in [1.29, 1.82) is 0 Å². The van der Waals surface area contributed by atoms with Crippen LogP contribution in [0.2, 0.25) is 0 Å². The fraction of sp³-hybridized carbons (Fsp3) is 0.462. The molecule has 3 N–H and O–H groups in total. The maximum Gasteiger partial charge on any atom is 0.417 e. The first-order chi connectivity index (χ1) is 10.0. The monoisotopic (exact) mass is 319 g/mol. The van der Waals surface area contributed by atoms with Crippen LogP contribution in [0.1, 0.15) is 26.3 Å². The maximum atomic E-state index is 12.6. The molecule has 122 valence electrons. The predicted octanol–water partition coefficient (Wildman–Crippen LogP) is 1.49. The number of alkyl halides is 3. The number of nitrogens with one attached hydrogen (secondary N) is 3. The Kier molecular flexibility index (Phi) is 5.34. The molecule has 6 nitrogen and oxygen atoms in total. The van der Waals surface area contributed by atoms with Gasteiger partial charge in [0.2, 0.25) is 11.8 Å². The van der Waals surface area contributed by atoms with E-state index in [1.807, 2.05) is 4.98 Å². The van der Waals surface area contributed by atoms with Crippen molar-refractivity contribution in [1.82, 2.24) is 10.3 Å². The number of hydrogen-bond acceptors (Lipinski definition) is 3. The van der Waals surface area contributed by atoms with Crippen LogP contribution in [0.25, 0.3) is 0 Å². The molecule has 0 aliphatic rings. The Balaban J connectivity index is 3.05. The van der Waals surface area contributed by atoms with E-state index < -0.39 is 40.8 Å². The second-order valence-electron chi connectivity index (χ2n) is 5.04. The van der Waals surface area contributed by atoms with E-state index in [0.29, 0.717) is 12.3 Å². The zero-order chi connectivity index (χ0) is 17.1. The first-order valence-corrected chi connectivity index (χ1v) is 6.40. The van der Waals surface area contributed by atoms with Crippen LogP contribution in [0.5, 0.6) is 0 Å². The maximum absolute atomic E-state index is 12.6. The van der Waals surface area contributed by atoms with Gasteiger partial charge in [0.25, 0.3) is 5.56 Å². The van der Waals surface area contributed by atoms with Crippen molar-refractivity contribution in [3.8, 4) is 0 Å². The quantitative estimate of drug-likeness (QED) is 0.785. The van der Waals surface area contributed by atoms with Crippen LogP contribution in [0.4, 0.5) is 18.9 Å². The zero-order valence-corrected chi connectivity index (χ0v) is 12.2. The number of anilines is 1. The Morgan fingerprint density at radius 1 is 1.27 bits per heavy atom. The summed E-state index contributed by atoms with van der Waals surface area (Å²) in [4.78, 5) is 36.5. The normalized spacial score (nSPS) is 12.9. The Labute approximate surface area is 124 Å². The Morgan fingerprint density at radius 2 is 1.86 bits per heavy atom. The molecular formula is C13H16F3N3O3. The van der Waals surface area contributed by atoms with Gasteiger partial charge in [-0.05, 0) is 12.0 Å². The highest BCUT2D eigenvalue weighted by molar-refractivity contribution is 5.97. The highest BCUT2D eigenvalue weighted by Crippen LogP contribution is 2.29. The number of halogens is 3. The van der Waals surface area contributed by atoms with Gasteiger partial charge in [-0.3, -0.25) is 14.4 Å². The fourth-order valence-corrected chi connectivity index (χ4v) is 1.70. The second kappa shape index (κ2) is 6.63. The van der Waals surface area contributed by atoms with Crippen LogP contribution in [-0.4, -0.2) is 22.8 Å². The summed E-state index contributed by atoms with van der Waals surface area (Å²) in [6.07, 6.45) is -4.13. The summed E-state index contributed by atoms with van der Waals surface area (Å²) in [5.74, 6) is -1.55. The van der Waals surface area contributed by atoms with Crippen molar-refractivity contribution in [3.05, 3.63) is 28.2 Å². The molecule has 1 rings (SSSR count). The lowest BCUT2D eigenvalue weighted by Gasteiger charge is -2.20. The molecule has 1 unspecified atom stereocenters. The molecule has 0 aliphatic carbocycles. The highest BCUT2D eigenvalue weighted by Gasteiger charge is 2.32. The van der Waals surface area contributed by atoms with Crippen LogP contribution in [-0.2, 0) is 15.8 Å². The molecule has 0 saturated carbocycles. The van der Waals surface area contributed by atoms with Crippen molar-refractivity contribution < 1.29 is 22.8 Å². The van der Waals surface area contributed by atoms with Gasteiger partial charge in [0.15, 0.2) is 0 Å². The van der Waals surface area contributed by atoms with Crippen LogP contribution in [0, 0.1) is 5.92 Å². The van der Waals surface area contributed by atoms with Gasteiger partial charge in [-0.15, -0.1) is 0 Å². The van der Waals surface area contributed by atoms with Crippen molar-refractivity contribution >= 4 is 17.5 Å². The summed E-state index contributed by atoms with van der Waals surface area (Å²) in [5, 5.41) is 4.49. The van der Waals surface area contributed by atoms with Crippen molar-refractivity contribution in [3.63, 3.8) is 0 Å². The molecule has 0 spiro atoms. The van der Waals surface area contributed by atoms with E-state index in [1.165, 1.54) is 6.92 Å². The van der Waals surface area contributed by atoms with Crippen molar-refractivity contribution in [2.45, 2.75) is 33.0 Å². The number of hydrogen-bond donors (Lipinski definition) is 3. The standard InChI is InChI=1S/C13H16F3N3O3/c1-6(2)10(18-7(3)20)12(22)19-9-4-8(13(14,15)16)5-17-11(9)21/h4-6,10H,1-3H3,(H,17,21)(H,18,20)(H,19,22). The number of aromatic nitrogens is 1. The summed E-state index contributed by atoms with van der Waals surface area (Å²) in [5.41, 5.74) is -2.49. The van der Waals surface area contributed by atoms with Gasteiger partial charge in [-0.1, -0.05) is 13.8 Å². The topological polar surface area (TPSA) is 91.1 Å². The minimum Gasteiger partial charge on any atom is -0.344 e. The van der Waals surface area contributed by atoms with Crippen LogP contribution in [0.3, 0.4) is 0 Å². The molecule has 0 radical (unpaired) electrons. The number of carbonyl (C=O) groups excluding carboxylic acids is 2. The van der Waals surface area contributed by atoms with Crippen LogP contribution < -0.4 is 16.2 Å². The summed E-state index contributed by atoms with van der Waals surface area (Å²) < 4.78 is 37.8. The van der Waals surface area contributed by atoms with E-state index >= 15 is 0 Å². The number of pyridine rings is 1. The third kappa shape index (κ3) is 4.61. The van der Waals surface area contributed by atoms with E-state index in [4.69, 9.17) is 0 Å². The first-order valence-electron chi connectivity index (χ1n) is 6.40. The van der Waals surface area contributed by atoms with E-state index in [0.717, 1.165) is 0 Å². The SMILES string of the molecule is CC(=O)NC(C(=O)Nc1cc(C(F)(F)F)c[nH]c1=O)C(C)C. The Bertz CT molecular complexity index is 623. The van der Waals surface area contributed by atoms with E-state index in [1.54, 1.807) is 13.8 Å². The van der Waals surface area contributed by atoms with Gasteiger partial charge in [0, 0.05) is 13.1 Å². The van der Waals surface area contributed by atoms with E-state index in [-0.39, 0.29) is 5.92 Å². The van der Waals surface area contributed by atoms with Crippen molar-refractivity contribution in [2.75, 3.05) is 5.32 Å². The minimum atomic E-state index is -4.65.